The van der Waals surface area contributed by atoms with E-state index in [1.807, 2.05) is 0 Å². The fraction of sp³-hybridized carbons (Fsp3) is 0.889. The van der Waals surface area contributed by atoms with Crippen LogP contribution in [0.2, 0.25) is 0 Å². The van der Waals surface area contributed by atoms with E-state index < -0.39 is 20.6 Å². The van der Waals surface area contributed by atoms with Gasteiger partial charge in [-0.2, -0.15) is 0 Å². The summed E-state index contributed by atoms with van der Waals surface area (Å²) in [6, 6.07) is 0. The average Bonchev–Trinajstić information content (AvgIpc) is 2.13. The third-order valence-electron chi connectivity index (χ3n) is 2.46. The summed E-state index contributed by atoms with van der Waals surface area (Å²) >= 11 is 0. The standard InChI is InChI=1S/C9H16O4S2/c1-15(12,13)6-5-14(11)9-4-2-3-8(10)7-9/h9H,2-7H2,1H3. The molecule has 0 heterocycles. The van der Waals surface area contributed by atoms with Crippen molar-refractivity contribution in [2.24, 2.45) is 0 Å². The topological polar surface area (TPSA) is 68.3 Å². The van der Waals surface area contributed by atoms with Gasteiger partial charge in [-0.15, -0.1) is 0 Å². The zero-order valence-corrected chi connectivity index (χ0v) is 10.4. The highest BCUT2D eigenvalue weighted by Crippen LogP contribution is 2.19. The molecule has 1 rings (SSSR count). The number of rotatable bonds is 4. The van der Waals surface area contributed by atoms with E-state index >= 15 is 0 Å². The predicted molar refractivity (Wildman–Crippen MR) is 60.0 cm³/mol. The third kappa shape index (κ3) is 4.88. The maximum absolute atomic E-state index is 11.7. The minimum atomic E-state index is -3.05. The second-order valence-corrected chi connectivity index (χ2v) is 8.07. The van der Waals surface area contributed by atoms with E-state index in [0.717, 1.165) is 19.1 Å². The van der Waals surface area contributed by atoms with Gasteiger partial charge in [-0.05, 0) is 12.8 Å². The molecule has 0 aliphatic heterocycles. The SMILES string of the molecule is CS(=O)(=O)CCS(=O)C1CCCC(=O)C1. The quantitative estimate of drug-likeness (QED) is 0.721. The van der Waals surface area contributed by atoms with Crippen molar-refractivity contribution in [1.29, 1.82) is 0 Å². The fourth-order valence-electron chi connectivity index (χ4n) is 1.61. The molecule has 0 amide bonds. The number of carbonyl (C=O) groups is 1. The smallest absolute Gasteiger partial charge is 0.148 e. The second kappa shape index (κ2) is 5.21. The van der Waals surface area contributed by atoms with Crippen LogP contribution in [0.4, 0.5) is 0 Å². The molecule has 1 aliphatic carbocycles. The zero-order chi connectivity index (χ0) is 11.5. The number of sulfone groups is 1. The van der Waals surface area contributed by atoms with E-state index in [9.17, 15) is 17.4 Å². The molecule has 0 saturated heterocycles. The van der Waals surface area contributed by atoms with Gasteiger partial charge in [0, 0.05) is 40.9 Å². The summed E-state index contributed by atoms with van der Waals surface area (Å²) < 4.78 is 33.4. The minimum absolute atomic E-state index is 0.0513. The molecule has 88 valence electrons. The van der Waals surface area contributed by atoms with Crippen molar-refractivity contribution in [3.05, 3.63) is 0 Å². The Morgan fingerprint density at radius 1 is 1.47 bits per heavy atom. The van der Waals surface area contributed by atoms with Crippen LogP contribution in [-0.2, 0) is 25.4 Å². The molecular formula is C9H16O4S2. The van der Waals surface area contributed by atoms with Crippen LogP contribution in [0.15, 0.2) is 0 Å². The average molecular weight is 252 g/mol. The lowest BCUT2D eigenvalue weighted by Crippen LogP contribution is -2.27. The summed E-state index contributed by atoms with van der Waals surface area (Å²) in [5.41, 5.74) is 0. The van der Waals surface area contributed by atoms with Gasteiger partial charge < -0.3 is 0 Å². The van der Waals surface area contributed by atoms with Gasteiger partial charge in [0.15, 0.2) is 0 Å². The van der Waals surface area contributed by atoms with Crippen LogP contribution in [0, 0.1) is 0 Å². The molecule has 0 aromatic heterocycles. The molecule has 0 spiro atoms. The molecule has 0 bridgehead atoms. The summed E-state index contributed by atoms with van der Waals surface area (Å²) in [7, 11) is -4.22. The summed E-state index contributed by atoms with van der Waals surface area (Å²) in [6.07, 6.45) is 3.64. The maximum Gasteiger partial charge on any atom is 0.148 e. The Hall–Kier alpha value is -0.230. The van der Waals surface area contributed by atoms with E-state index in [1.54, 1.807) is 0 Å². The number of ketones is 1. The Morgan fingerprint density at radius 3 is 2.67 bits per heavy atom. The largest absolute Gasteiger partial charge is 0.300 e. The predicted octanol–water partition coefficient (Wildman–Crippen LogP) is 0.291. The Labute approximate surface area is 92.8 Å². The first kappa shape index (κ1) is 12.8. The van der Waals surface area contributed by atoms with Crippen LogP contribution in [-0.4, -0.2) is 41.4 Å². The van der Waals surface area contributed by atoms with Crippen molar-refractivity contribution in [2.45, 2.75) is 30.9 Å². The first-order valence-corrected chi connectivity index (χ1v) is 8.39. The molecule has 1 fully saturated rings. The van der Waals surface area contributed by atoms with E-state index in [0.29, 0.717) is 12.8 Å². The van der Waals surface area contributed by atoms with Gasteiger partial charge in [-0.3, -0.25) is 9.00 Å². The van der Waals surface area contributed by atoms with Crippen molar-refractivity contribution in [2.75, 3.05) is 17.8 Å². The Kier molecular flexibility index (Phi) is 4.45. The van der Waals surface area contributed by atoms with E-state index in [1.165, 1.54) is 0 Å². The van der Waals surface area contributed by atoms with Crippen molar-refractivity contribution >= 4 is 26.4 Å². The lowest BCUT2D eigenvalue weighted by molar-refractivity contribution is -0.120. The summed E-state index contributed by atoms with van der Waals surface area (Å²) in [5, 5.41) is -0.118. The number of hydrogen-bond donors (Lipinski definition) is 0. The van der Waals surface area contributed by atoms with E-state index in [2.05, 4.69) is 0 Å². The Bertz CT molecular complexity index is 358. The lowest BCUT2D eigenvalue weighted by atomic mass is 9.99. The van der Waals surface area contributed by atoms with Crippen molar-refractivity contribution in [3.63, 3.8) is 0 Å². The normalized spacial score (nSPS) is 25.1. The second-order valence-electron chi connectivity index (χ2n) is 3.97. The van der Waals surface area contributed by atoms with Gasteiger partial charge in [-0.1, -0.05) is 0 Å². The van der Waals surface area contributed by atoms with E-state index in [-0.39, 0.29) is 22.5 Å². The molecule has 4 nitrogen and oxygen atoms in total. The first-order chi connectivity index (χ1) is 6.88. The van der Waals surface area contributed by atoms with E-state index in [4.69, 9.17) is 0 Å². The lowest BCUT2D eigenvalue weighted by Gasteiger charge is -2.19. The highest BCUT2D eigenvalue weighted by Gasteiger charge is 2.24. The summed E-state index contributed by atoms with van der Waals surface area (Å²) in [5.74, 6) is 0.264. The Balaban J connectivity index is 2.43. The molecule has 2 unspecified atom stereocenters. The third-order valence-corrected chi connectivity index (χ3v) is 5.42. The maximum atomic E-state index is 11.7. The van der Waals surface area contributed by atoms with Crippen molar-refractivity contribution in [3.8, 4) is 0 Å². The van der Waals surface area contributed by atoms with Crippen LogP contribution in [0.5, 0.6) is 0 Å². The molecule has 2 atom stereocenters. The van der Waals surface area contributed by atoms with Crippen LogP contribution >= 0.6 is 0 Å². The molecule has 0 aromatic carbocycles. The molecule has 1 saturated carbocycles. The highest BCUT2D eigenvalue weighted by molar-refractivity contribution is 7.92. The van der Waals surface area contributed by atoms with Crippen LogP contribution in [0.3, 0.4) is 0 Å². The molecule has 0 N–H and O–H groups in total. The zero-order valence-electron chi connectivity index (χ0n) is 8.77. The van der Waals surface area contributed by atoms with Gasteiger partial charge in [-0.25, -0.2) is 8.42 Å². The first-order valence-electron chi connectivity index (χ1n) is 4.95. The number of carbonyl (C=O) groups excluding carboxylic acids is 1. The van der Waals surface area contributed by atoms with Gasteiger partial charge in [0.1, 0.15) is 15.6 Å². The highest BCUT2D eigenvalue weighted by atomic mass is 32.2. The van der Waals surface area contributed by atoms with Gasteiger partial charge >= 0.3 is 0 Å². The minimum Gasteiger partial charge on any atom is -0.300 e. The van der Waals surface area contributed by atoms with Gasteiger partial charge in [0.05, 0.1) is 5.75 Å². The molecule has 1 aliphatic rings. The van der Waals surface area contributed by atoms with Crippen LogP contribution in [0.1, 0.15) is 25.7 Å². The van der Waals surface area contributed by atoms with Crippen molar-refractivity contribution in [1.82, 2.24) is 0 Å². The van der Waals surface area contributed by atoms with Gasteiger partial charge in [0.25, 0.3) is 0 Å². The molecule has 0 radical (unpaired) electrons. The summed E-state index contributed by atoms with van der Waals surface area (Å²) in [6.45, 7) is 0. The summed E-state index contributed by atoms with van der Waals surface area (Å²) in [4.78, 5) is 11.1. The number of hydrogen-bond acceptors (Lipinski definition) is 4. The molecule has 0 aromatic rings. The fourth-order valence-corrected chi connectivity index (χ4v) is 4.61. The Morgan fingerprint density at radius 2 is 2.13 bits per heavy atom. The van der Waals surface area contributed by atoms with Crippen molar-refractivity contribution < 1.29 is 17.4 Å². The monoisotopic (exact) mass is 252 g/mol. The molecular weight excluding hydrogens is 236 g/mol. The van der Waals surface area contributed by atoms with Crippen LogP contribution in [0.25, 0.3) is 0 Å². The number of Topliss-reactive ketones (excluding diaryl/α,β-unsaturated/α-hetero) is 1. The molecule has 6 heteroatoms. The van der Waals surface area contributed by atoms with Crippen LogP contribution < -0.4 is 0 Å². The molecule has 15 heavy (non-hydrogen) atoms. The van der Waals surface area contributed by atoms with Gasteiger partial charge in [0.2, 0.25) is 0 Å².